The summed E-state index contributed by atoms with van der Waals surface area (Å²) in [4.78, 5) is 7.15. The average Bonchev–Trinajstić information content (AvgIpc) is 3.08. The van der Waals surface area contributed by atoms with Crippen molar-refractivity contribution in [2.75, 3.05) is 24.6 Å². The molecule has 0 spiro atoms. The van der Waals surface area contributed by atoms with E-state index in [1.807, 2.05) is 29.6 Å². The Kier molecular flexibility index (Phi) is 3.79. The molecular formula is C21H19FN4O. The van der Waals surface area contributed by atoms with Gasteiger partial charge in [-0.2, -0.15) is 5.10 Å². The Hall–Kier alpha value is -2.99. The van der Waals surface area contributed by atoms with Gasteiger partial charge in [0.15, 0.2) is 5.65 Å². The number of hydrogen-bond donors (Lipinski definition) is 0. The van der Waals surface area contributed by atoms with Crippen molar-refractivity contribution in [3.05, 3.63) is 71.7 Å². The first kappa shape index (κ1) is 16.2. The van der Waals surface area contributed by atoms with Crippen molar-refractivity contribution in [2.45, 2.75) is 13.0 Å². The van der Waals surface area contributed by atoms with Crippen molar-refractivity contribution < 1.29 is 9.13 Å². The first-order valence-electron chi connectivity index (χ1n) is 9.06. The summed E-state index contributed by atoms with van der Waals surface area (Å²) in [5, 5.41) is 5.64. The van der Waals surface area contributed by atoms with Crippen molar-refractivity contribution >= 4 is 22.4 Å². The molecule has 0 bridgehead atoms. The maximum Gasteiger partial charge on any atom is 0.158 e. The summed E-state index contributed by atoms with van der Waals surface area (Å²) >= 11 is 0. The standard InChI is InChI=1S/C21H19FN4O/c1-14-12-20-23-21(17-4-2-3-5-18(17)26(20)24-14)25-10-11-27-19(13-25)15-6-8-16(22)9-7-15/h2-9,12,19H,10-11,13H2,1H3. The fraction of sp³-hybridized carbons (Fsp3) is 0.238. The van der Waals surface area contributed by atoms with Gasteiger partial charge in [-0.3, -0.25) is 0 Å². The number of ether oxygens (including phenoxy) is 1. The largest absolute Gasteiger partial charge is 0.370 e. The van der Waals surface area contributed by atoms with Gasteiger partial charge >= 0.3 is 0 Å². The van der Waals surface area contributed by atoms with Crippen molar-refractivity contribution in [3.63, 3.8) is 0 Å². The third kappa shape index (κ3) is 2.82. The van der Waals surface area contributed by atoms with Crippen molar-refractivity contribution in [3.8, 4) is 0 Å². The Labute approximate surface area is 156 Å². The molecule has 1 atom stereocenters. The SMILES string of the molecule is Cc1cc2nc(N3CCOC(c4ccc(F)cc4)C3)c3ccccc3n2n1. The molecule has 4 aromatic rings. The molecule has 1 aliphatic heterocycles. The molecule has 1 aliphatic rings. The van der Waals surface area contributed by atoms with Crippen LogP contribution in [0.4, 0.5) is 10.2 Å². The Morgan fingerprint density at radius 2 is 1.93 bits per heavy atom. The van der Waals surface area contributed by atoms with Gasteiger partial charge in [-0.25, -0.2) is 13.9 Å². The van der Waals surface area contributed by atoms with Gasteiger partial charge in [-0.05, 0) is 36.8 Å². The molecule has 1 unspecified atom stereocenters. The summed E-state index contributed by atoms with van der Waals surface area (Å²) in [6, 6.07) is 16.7. The zero-order valence-electron chi connectivity index (χ0n) is 15.0. The van der Waals surface area contributed by atoms with Crippen LogP contribution in [0, 0.1) is 12.7 Å². The molecule has 5 nitrogen and oxygen atoms in total. The van der Waals surface area contributed by atoms with E-state index < -0.39 is 0 Å². The van der Waals surface area contributed by atoms with E-state index in [1.54, 1.807) is 12.1 Å². The molecule has 0 amide bonds. The Morgan fingerprint density at radius 1 is 1.11 bits per heavy atom. The molecule has 0 radical (unpaired) electrons. The van der Waals surface area contributed by atoms with E-state index in [1.165, 1.54) is 12.1 Å². The van der Waals surface area contributed by atoms with Crippen LogP contribution in [0.3, 0.4) is 0 Å². The van der Waals surface area contributed by atoms with Crippen molar-refractivity contribution in [1.29, 1.82) is 0 Å². The Morgan fingerprint density at radius 3 is 2.78 bits per heavy atom. The van der Waals surface area contributed by atoms with Crippen LogP contribution in [-0.4, -0.2) is 34.3 Å². The number of fused-ring (bicyclic) bond motifs is 3. The van der Waals surface area contributed by atoms with Gasteiger partial charge in [0.1, 0.15) is 17.7 Å². The number of aryl methyl sites for hydroxylation is 1. The number of halogens is 1. The molecule has 2 aromatic heterocycles. The van der Waals surface area contributed by atoms with Crippen LogP contribution in [0.2, 0.25) is 0 Å². The van der Waals surface area contributed by atoms with Crippen LogP contribution in [0.1, 0.15) is 17.4 Å². The minimum Gasteiger partial charge on any atom is -0.370 e. The summed E-state index contributed by atoms with van der Waals surface area (Å²) in [5.41, 5.74) is 3.80. The zero-order chi connectivity index (χ0) is 18.4. The fourth-order valence-electron chi connectivity index (χ4n) is 3.72. The van der Waals surface area contributed by atoms with E-state index in [9.17, 15) is 4.39 Å². The topological polar surface area (TPSA) is 42.7 Å². The van der Waals surface area contributed by atoms with E-state index in [0.717, 1.165) is 40.2 Å². The molecule has 3 heterocycles. The molecule has 27 heavy (non-hydrogen) atoms. The van der Waals surface area contributed by atoms with Crippen LogP contribution in [0.5, 0.6) is 0 Å². The van der Waals surface area contributed by atoms with Crippen molar-refractivity contribution in [2.24, 2.45) is 0 Å². The maximum absolute atomic E-state index is 13.3. The molecule has 0 N–H and O–H groups in total. The molecule has 1 saturated heterocycles. The third-order valence-corrected chi connectivity index (χ3v) is 5.01. The van der Waals surface area contributed by atoms with Crippen molar-refractivity contribution in [1.82, 2.24) is 14.6 Å². The Balaban J connectivity index is 1.58. The van der Waals surface area contributed by atoms with Gasteiger partial charge in [0, 0.05) is 24.5 Å². The second-order valence-electron chi connectivity index (χ2n) is 6.87. The third-order valence-electron chi connectivity index (χ3n) is 5.01. The van der Waals surface area contributed by atoms with E-state index in [2.05, 4.69) is 22.1 Å². The molecule has 1 fully saturated rings. The molecular weight excluding hydrogens is 343 g/mol. The van der Waals surface area contributed by atoms with Gasteiger partial charge in [0.2, 0.25) is 0 Å². The van der Waals surface area contributed by atoms with Crippen LogP contribution in [-0.2, 0) is 4.74 Å². The van der Waals surface area contributed by atoms with Gasteiger partial charge in [0.05, 0.1) is 17.8 Å². The minimum atomic E-state index is -0.236. The smallest absolute Gasteiger partial charge is 0.158 e. The first-order valence-corrected chi connectivity index (χ1v) is 9.06. The molecule has 6 heteroatoms. The summed E-state index contributed by atoms with van der Waals surface area (Å²) in [7, 11) is 0. The molecule has 5 rings (SSSR count). The lowest BCUT2D eigenvalue weighted by Gasteiger charge is -2.34. The molecule has 2 aromatic carbocycles. The van der Waals surface area contributed by atoms with Gasteiger partial charge in [-0.1, -0.05) is 24.3 Å². The normalized spacial score (nSPS) is 17.7. The predicted molar refractivity (Wildman–Crippen MR) is 103 cm³/mol. The van der Waals surface area contributed by atoms with E-state index in [0.29, 0.717) is 13.2 Å². The van der Waals surface area contributed by atoms with Crippen LogP contribution < -0.4 is 4.90 Å². The summed E-state index contributed by atoms with van der Waals surface area (Å²) in [5.74, 6) is 0.703. The second-order valence-corrected chi connectivity index (χ2v) is 6.87. The summed E-state index contributed by atoms with van der Waals surface area (Å²) in [6.45, 7) is 4.01. The highest BCUT2D eigenvalue weighted by atomic mass is 19.1. The summed E-state index contributed by atoms with van der Waals surface area (Å²) in [6.07, 6.45) is -0.109. The number of aromatic nitrogens is 3. The quantitative estimate of drug-likeness (QED) is 0.542. The average molecular weight is 362 g/mol. The number of nitrogens with zero attached hydrogens (tertiary/aromatic N) is 4. The summed E-state index contributed by atoms with van der Waals surface area (Å²) < 4.78 is 21.1. The number of para-hydroxylation sites is 1. The van der Waals surface area contributed by atoms with Crippen LogP contribution >= 0.6 is 0 Å². The first-order chi connectivity index (χ1) is 13.2. The lowest BCUT2D eigenvalue weighted by molar-refractivity contribution is 0.0396. The zero-order valence-corrected chi connectivity index (χ0v) is 15.0. The van der Waals surface area contributed by atoms with E-state index in [4.69, 9.17) is 9.72 Å². The Bertz CT molecular complexity index is 1120. The highest BCUT2D eigenvalue weighted by molar-refractivity contribution is 5.91. The number of hydrogen-bond acceptors (Lipinski definition) is 4. The van der Waals surface area contributed by atoms with Gasteiger partial charge in [0.25, 0.3) is 0 Å². The number of anilines is 1. The predicted octanol–water partition coefficient (Wildman–Crippen LogP) is 3.91. The molecule has 136 valence electrons. The monoisotopic (exact) mass is 362 g/mol. The number of morpholine rings is 1. The van der Waals surface area contributed by atoms with Crippen LogP contribution in [0.25, 0.3) is 16.6 Å². The van der Waals surface area contributed by atoms with E-state index >= 15 is 0 Å². The highest BCUT2D eigenvalue weighted by Gasteiger charge is 2.25. The highest BCUT2D eigenvalue weighted by Crippen LogP contribution is 2.31. The van der Waals surface area contributed by atoms with Gasteiger partial charge in [-0.15, -0.1) is 0 Å². The maximum atomic E-state index is 13.3. The lowest BCUT2D eigenvalue weighted by Crippen LogP contribution is -2.39. The van der Waals surface area contributed by atoms with E-state index in [-0.39, 0.29) is 11.9 Å². The lowest BCUT2D eigenvalue weighted by atomic mass is 10.1. The fourth-order valence-corrected chi connectivity index (χ4v) is 3.72. The minimum absolute atomic E-state index is 0.109. The number of rotatable bonds is 2. The number of benzene rings is 2. The van der Waals surface area contributed by atoms with Gasteiger partial charge < -0.3 is 9.64 Å². The second kappa shape index (κ2) is 6.32. The van der Waals surface area contributed by atoms with Crippen LogP contribution in [0.15, 0.2) is 54.6 Å². The molecule has 0 saturated carbocycles. The molecule has 0 aliphatic carbocycles.